The molecule has 0 bridgehead atoms. The second-order valence-corrected chi connectivity index (χ2v) is 4.31. The number of hydrogen-bond donors (Lipinski definition) is 2. The van der Waals surface area contributed by atoms with Crippen LogP contribution in [0.15, 0.2) is 28.8 Å². The molecule has 2 atom stereocenters. The minimum absolute atomic E-state index is 0.110. The quantitative estimate of drug-likeness (QED) is 0.838. The maximum Gasteiger partial charge on any atom is 0.244 e. The first-order chi connectivity index (χ1) is 8.72. The van der Waals surface area contributed by atoms with Gasteiger partial charge in [0.1, 0.15) is 5.82 Å². The molecule has 1 fully saturated rings. The van der Waals surface area contributed by atoms with Crippen molar-refractivity contribution in [2.45, 2.75) is 18.6 Å². The molecule has 0 unspecified atom stereocenters. The Hall–Kier alpha value is -1.79. The average Bonchev–Trinajstić information content (AvgIpc) is 2.98. The van der Waals surface area contributed by atoms with E-state index in [1.54, 1.807) is 12.1 Å². The van der Waals surface area contributed by atoms with Crippen LogP contribution in [0.5, 0.6) is 0 Å². The molecule has 1 aromatic heterocycles. The second-order valence-electron chi connectivity index (χ2n) is 4.31. The van der Waals surface area contributed by atoms with Gasteiger partial charge < -0.3 is 14.9 Å². The third-order valence-corrected chi connectivity index (χ3v) is 2.95. The predicted octanol–water partition coefficient (Wildman–Crippen LogP) is 1.27. The Bertz CT molecular complexity index is 541. The van der Waals surface area contributed by atoms with E-state index in [9.17, 15) is 9.50 Å². The summed E-state index contributed by atoms with van der Waals surface area (Å²) in [5.74, 6) is 0.571. The van der Waals surface area contributed by atoms with E-state index in [1.807, 2.05) is 0 Å². The van der Waals surface area contributed by atoms with E-state index in [0.717, 1.165) is 0 Å². The Morgan fingerprint density at radius 1 is 1.33 bits per heavy atom. The van der Waals surface area contributed by atoms with Crippen molar-refractivity contribution in [3.05, 3.63) is 36.0 Å². The number of benzene rings is 1. The van der Waals surface area contributed by atoms with Gasteiger partial charge >= 0.3 is 0 Å². The summed E-state index contributed by atoms with van der Waals surface area (Å²) in [4.78, 5) is 4.25. The monoisotopic (exact) mass is 249 g/mol. The van der Waals surface area contributed by atoms with Gasteiger partial charge in [0, 0.05) is 12.1 Å². The Labute approximate surface area is 103 Å². The lowest BCUT2D eigenvalue weighted by atomic mass is 10.2. The fraction of sp³-hybridized carbons (Fsp3) is 0.333. The summed E-state index contributed by atoms with van der Waals surface area (Å²) in [6.45, 7) is 0.527. The third kappa shape index (κ3) is 2.12. The van der Waals surface area contributed by atoms with Crippen LogP contribution >= 0.6 is 0 Å². The Balaban J connectivity index is 1.83. The van der Waals surface area contributed by atoms with Gasteiger partial charge in [-0.25, -0.2) is 4.39 Å². The average molecular weight is 249 g/mol. The molecule has 0 amide bonds. The number of nitrogens with one attached hydrogen (secondary N) is 1. The van der Waals surface area contributed by atoms with Crippen LogP contribution in [0, 0.1) is 5.82 Å². The van der Waals surface area contributed by atoms with E-state index >= 15 is 0 Å². The van der Waals surface area contributed by atoms with Gasteiger partial charge in [-0.1, -0.05) is 5.16 Å². The molecule has 5 nitrogen and oxygen atoms in total. The molecule has 6 heteroatoms. The standard InChI is InChI=1S/C12H12FN3O2/c13-8-3-1-7(2-4-8)11-15-12(18-16-11)10-5-9(17)6-14-10/h1-4,9-10,14,17H,5-6H2/t9-,10+/m0/s1. The molecule has 0 aliphatic carbocycles. The SMILES string of the molecule is O[C@@H]1CN[C@@H](c2nc(-c3ccc(F)cc3)no2)C1. The van der Waals surface area contributed by atoms with Crippen molar-refractivity contribution >= 4 is 0 Å². The smallest absolute Gasteiger partial charge is 0.244 e. The van der Waals surface area contributed by atoms with Crippen molar-refractivity contribution in [3.63, 3.8) is 0 Å². The number of rotatable bonds is 2. The molecule has 3 rings (SSSR count). The van der Waals surface area contributed by atoms with Crippen LogP contribution in [0.25, 0.3) is 11.4 Å². The van der Waals surface area contributed by atoms with Gasteiger partial charge in [-0.05, 0) is 30.7 Å². The van der Waals surface area contributed by atoms with Crippen molar-refractivity contribution in [1.29, 1.82) is 0 Å². The topological polar surface area (TPSA) is 71.2 Å². The lowest BCUT2D eigenvalue weighted by Gasteiger charge is -2.01. The van der Waals surface area contributed by atoms with E-state index in [1.165, 1.54) is 12.1 Å². The number of β-amino-alcohol motifs (C(OH)–C–C–N with tert-alkyl or cyclic N) is 1. The van der Waals surface area contributed by atoms with Gasteiger partial charge in [-0.15, -0.1) is 0 Å². The van der Waals surface area contributed by atoms with Gasteiger partial charge in [0.05, 0.1) is 12.1 Å². The van der Waals surface area contributed by atoms with E-state index in [2.05, 4.69) is 15.5 Å². The minimum atomic E-state index is -0.379. The van der Waals surface area contributed by atoms with Crippen molar-refractivity contribution in [2.75, 3.05) is 6.54 Å². The summed E-state index contributed by atoms with van der Waals surface area (Å²) < 4.78 is 17.9. The minimum Gasteiger partial charge on any atom is -0.392 e. The summed E-state index contributed by atoms with van der Waals surface area (Å²) in [5, 5.41) is 16.4. The molecule has 0 saturated carbocycles. The van der Waals surface area contributed by atoms with Crippen LogP contribution in [-0.2, 0) is 0 Å². The molecule has 2 aromatic rings. The van der Waals surface area contributed by atoms with Crippen LogP contribution in [0.4, 0.5) is 4.39 Å². The molecule has 2 N–H and O–H groups in total. The van der Waals surface area contributed by atoms with E-state index < -0.39 is 0 Å². The van der Waals surface area contributed by atoms with Crippen LogP contribution < -0.4 is 5.32 Å². The Morgan fingerprint density at radius 2 is 2.11 bits per heavy atom. The fourth-order valence-corrected chi connectivity index (χ4v) is 2.00. The highest BCUT2D eigenvalue weighted by Crippen LogP contribution is 2.24. The summed E-state index contributed by atoms with van der Waals surface area (Å²) in [6, 6.07) is 5.79. The lowest BCUT2D eigenvalue weighted by Crippen LogP contribution is -2.15. The fourth-order valence-electron chi connectivity index (χ4n) is 2.00. The van der Waals surface area contributed by atoms with E-state index in [0.29, 0.717) is 30.2 Å². The molecular formula is C12H12FN3O2. The number of aromatic nitrogens is 2. The van der Waals surface area contributed by atoms with Crippen LogP contribution in [0.2, 0.25) is 0 Å². The molecule has 0 radical (unpaired) electrons. The van der Waals surface area contributed by atoms with Gasteiger partial charge in [-0.3, -0.25) is 0 Å². The van der Waals surface area contributed by atoms with Crippen LogP contribution in [0.1, 0.15) is 18.4 Å². The molecule has 18 heavy (non-hydrogen) atoms. The van der Waals surface area contributed by atoms with Crippen LogP contribution in [-0.4, -0.2) is 27.9 Å². The molecule has 0 spiro atoms. The zero-order valence-corrected chi connectivity index (χ0v) is 9.51. The van der Waals surface area contributed by atoms with Crippen molar-refractivity contribution in [3.8, 4) is 11.4 Å². The first-order valence-electron chi connectivity index (χ1n) is 5.73. The largest absolute Gasteiger partial charge is 0.392 e. The second kappa shape index (κ2) is 4.47. The summed E-state index contributed by atoms with van der Waals surface area (Å²) in [5.41, 5.74) is 0.699. The van der Waals surface area contributed by atoms with Crippen LogP contribution in [0.3, 0.4) is 0 Å². The van der Waals surface area contributed by atoms with Gasteiger partial charge in [0.15, 0.2) is 0 Å². The van der Waals surface area contributed by atoms with Gasteiger partial charge in [0.25, 0.3) is 0 Å². The molecule has 1 aliphatic heterocycles. The first kappa shape index (κ1) is 11.3. The number of nitrogens with zero attached hydrogens (tertiary/aromatic N) is 2. The van der Waals surface area contributed by atoms with Crippen molar-refractivity contribution < 1.29 is 14.0 Å². The maximum absolute atomic E-state index is 12.8. The third-order valence-electron chi connectivity index (χ3n) is 2.95. The molecule has 94 valence electrons. The Kier molecular flexibility index (Phi) is 2.81. The highest BCUT2D eigenvalue weighted by molar-refractivity contribution is 5.53. The predicted molar refractivity (Wildman–Crippen MR) is 61.1 cm³/mol. The highest BCUT2D eigenvalue weighted by atomic mass is 19.1. The molecular weight excluding hydrogens is 237 g/mol. The molecule has 2 heterocycles. The first-order valence-corrected chi connectivity index (χ1v) is 5.73. The highest BCUT2D eigenvalue weighted by Gasteiger charge is 2.28. The molecule has 1 aromatic carbocycles. The number of aliphatic hydroxyl groups is 1. The zero-order valence-electron chi connectivity index (χ0n) is 9.51. The molecule has 1 aliphatic rings. The number of hydrogen-bond acceptors (Lipinski definition) is 5. The summed E-state index contributed by atoms with van der Waals surface area (Å²) in [6.07, 6.45) is 0.182. The lowest BCUT2D eigenvalue weighted by molar-refractivity contribution is 0.191. The van der Waals surface area contributed by atoms with Gasteiger partial charge in [-0.2, -0.15) is 4.98 Å². The number of halogens is 1. The summed E-state index contributed by atoms with van der Waals surface area (Å²) >= 11 is 0. The van der Waals surface area contributed by atoms with E-state index in [4.69, 9.17) is 4.52 Å². The van der Waals surface area contributed by atoms with Crippen molar-refractivity contribution in [2.24, 2.45) is 0 Å². The number of aliphatic hydroxyl groups excluding tert-OH is 1. The van der Waals surface area contributed by atoms with Crippen molar-refractivity contribution in [1.82, 2.24) is 15.5 Å². The zero-order chi connectivity index (χ0) is 12.5. The summed E-state index contributed by atoms with van der Waals surface area (Å²) in [7, 11) is 0. The maximum atomic E-state index is 12.8. The Morgan fingerprint density at radius 3 is 2.78 bits per heavy atom. The van der Waals surface area contributed by atoms with Gasteiger partial charge in [0.2, 0.25) is 11.7 Å². The van der Waals surface area contributed by atoms with E-state index in [-0.39, 0.29) is 18.0 Å². The molecule has 1 saturated heterocycles. The normalized spacial score (nSPS) is 23.4.